The van der Waals surface area contributed by atoms with E-state index in [4.69, 9.17) is 9.72 Å². The molecule has 0 bridgehead atoms. The molecule has 0 fully saturated rings. The minimum atomic E-state index is -0.157. The predicted molar refractivity (Wildman–Crippen MR) is 129 cm³/mol. The number of thiazole rings is 1. The first-order valence-corrected chi connectivity index (χ1v) is 11.3. The molecule has 158 valence electrons. The second-order valence-electron chi connectivity index (χ2n) is 7.27. The minimum Gasteiger partial charge on any atom is -0.493 e. The van der Waals surface area contributed by atoms with Crippen molar-refractivity contribution >= 4 is 43.4 Å². The lowest BCUT2D eigenvalue weighted by Gasteiger charge is -2.22. The number of fused-ring (bicyclic) bond motifs is 2. The number of rotatable bonds is 6. The van der Waals surface area contributed by atoms with Gasteiger partial charge in [0.05, 0.1) is 34.6 Å². The Morgan fingerprint density at radius 2 is 1.78 bits per heavy atom. The second-order valence-corrected chi connectivity index (χ2v) is 8.28. The highest BCUT2D eigenvalue weighted by molar-refractivity contribution is 7.22. The lowest BCUT2D eigenvalue weighted by Crippen LogP contribution is -2.31. The van der Waals surface area contributed by atoms with Gasteiger partial charge in [-0.3, -0.25) is 14.7 Å². The van der Waals surface area contributed by atoms with Crippen LogP contribution >= 0.6 is 11.3 Å². The van der Waals surface area contributed by atoms with Gasteiger partial charge in [0, 0.05) is 6.20 Å². The van der Waals surface area contributed by atoms with E-state index < -0.39 is 0 Å². The Hall–Kier alpha value is -3.77. The van der Waals surface area contributed by atoms with Gasteiger partial charge in [0.25, 0.3) is 5.91 Å². The van der Waals surface area contributed by atoms with Crippen LogP contribution in [-0.2, 0) is 6.54 Å². The molecule has 0 atom stereocenters. The molecule has 0 aliphatic carbocycles. The molecule has 6 heteroatoms. The van der Waals surface area contributed by atoms with E-state index >= 15 is 0 Å². The third-order valence-corrected chi connectivity index (χ3v) is 6.27. The first-order valence-electron chi connectivity index (χ1n) is 10.5. The van der Waals surface area contributed by atoms with Gasteiger partial charge in [-0.15, -0.1) is 0 Å². The molecule has 2 heterocycles. The molecule has 32 heavy (non-hydrogen) atoms. The van der Waals surface area contributed by atoms with Gasteiger partial charge in [0.2, 0.25) is 0 Å². The van der Waals surface area contributed by atoms with E-state index in [1.54, 1.807) is 11.1 Å². The molecule has 5 aromatic rings. The van der Waals surface area contributed by atoms with Gasteiger partial charge in [0.15, 0.2) is 5.13 Å². The van der Waals surface area contributed by atoms with Crippen LogP contribution in [0.4, 0.5) is 5.13 Å². The van der Waals surface area contributed by atoms with Crippen LogP contribution < -0.4 is 9.64 Å². The van der Waals surface area contributed by atoms with Crippen LogP contribution in [0.3, 0.4) is 0 Å². The SMILES string of the molecule is CCOc1ccc2ccccc2c1C(=O)N(Cc1ccccn1)c1nc2ccccc2s1. The maximum Gasteiger partial charge on any atom is 0.264 e. The predicted octanol–water partition coefficient (Wildman–Crippen LogP) is 6.09. The van der Waals surface area contributed by atoms with Crippen molar-refractivity contribution in [1.82, 2.24) is 9.97 Å². The lowest BCUT2D eigenvalue weighted by atomic mass is 10.0. The number of benzene rings is 3. The lowest BCUT2D eigenvalue weighted by molar-refractivity contribution is 0.0983. The number of pyridine rings is 1. The summed E-state index contributed by atoms with van der Waals surface area (Å²) >= 11 is 1.50. The summed E-state index contributed by atoms with van der Waals surface area (Å²) in [6, 6.07) is 25.3. The van der Waals surface area contributed by atoms with Gasteiger partial charge in [-0.1, -0.05) is 59.9 Å². The van der Waals surface area contributed by atoms with Gasteiger partial charge in [0.1, 0.15) is 5.75 Å². The summed E-state index contributed by atoms with van der Waals surface area (Å²) < 4.78 is 6.91. The number of carbonyl (C=O) groups excluding carboxylic acids is 1. The van der Waals surface area contributed by atoms with E-state index in [2.05, 4.69) is 4.98 Å². The van der Waals surface area contributed by atoms with Crippen molar-refractivity contribution in [2.75, 3.05) is 11.5 Å². The number of ether oxygens (including phenoxy) is 1. The molecule has 5 nitrogen and oxygen atoms in total. The van der Waals surface area contributed by atoms with Gasteiger partial charge in [-0.2, -0.15) is 0 Å². The summed E-state index contributed by atoms with van der Waals surface area (Å²) in [5.41, 5.74) is 2.20. The van der Waals surface area contributed by atoms with Crippen molar-refractivity contribution in [2.45, 2.75) is 13.5 Å². The summed E-state index contributed by atoms with van der Waals surface area (Å²) in [5.74, 6) is 0.415. The van der Waals surface area contributed by atoms with Crippen molar-refractivity contribution < 1.29 is 9.53 Å². The van der Waals surface area contributed by atoms with Gasteiger partial charge < -0.3 is 4.74 Å². The van der Waals surface area contributed by atoms with Crippen LogP contribution in [0.2, 0.25) is 0 Å². The third-order valence-electron chi connectivity index (χ3n) is 5.21. The minimum absolute atomic E-state index is 0.157. The highest BCUT2D eigenvalue weighted by Crippen LogP contribution is 2.34. The molecule has 0 saturated heterocycles. The first kappa shape index (κ1) is 20.2. The molecule has 0 spiro atoms. The van der Waals surface area contributed by atoms with E-state index in [9.17, 15) is 4.79 Å². The Morgan fingerprint density at radius 3 is 2.59 bits per heavy atom. The van der Waals surface area contributed by atoms with E-state index in [0.29, 0.717) is 29.6 Å². The van der Waals surface area contributed by atoms with E-state index in [-0.39, 0.29) is 5.91 Å². The number of amides is 1. The molecule has 0 aliphatic heterocycles. The number of anilines is 1. The van der Waals surface area contributed by atoms with Crippen molar-refractivity contribution in [1.29, 1.82) is 0 Å². The number of hydrogen-bond acceptors (Lipinski definition) is 5. The maximum atomic E-state index is 14.1. The zero-order valence-corrected chi connectivity index (χ0v) is 18.4. The Balaban J connectivity index is 1.67. The van der Waals surface area contributed by atoms with Crippen molar-refractivity contribution in [3.8, 4) is 5.75 Å². The number of hydrogen-bond donors (Lipinski definition) is 0. The zero-order valence-electron chi connectivity index (χ0n) is 17.6. The molecule has 0 aliphatic rings. The summed E-state index contributed by atoms with van der Waals surface area (Å²) in [7, 11) is 0. The largest absolute Gasteiger partial charge is 0.493 e. The Morgan fingerprint density at radius 1 is 0.969 bits per heavy atom. The smallest absolute Gasteiger partial charge is 0.264 e. The molecule has 2 aromatic heterocycles. The van der Waals surface area contributed by atoms with Crippen LogP contribution in [0, 0.1) is 0 Å². The maximum absolute atomic E-state index is 14.1. The monoisotopic (exact) mass is 439 g/mol. The molecule has 0 N–H and O–H groups in total. The molecule has 0 radical (unpaired) electrons. The molecule has 0 saturated carbocycles. The highest BCUT2D eigenvalue weighted by atomic mass is 32.1. The molecule has 5 rings (SSSR count). The molecule has 1 amide bonds. The number of nitrogens with zero attached hydrogens (tertiary/aromatic N) is 3. The van der Waals surface area contributed by atoms with Crippen LogP contribution in [0.15, 0.2) is 85.1 Å². The van der Waals surface area contributed by atoms with Crippen LogP contribution in [0.5, 0.6) is 5.75 Å². The van der Waals surface area contributed by atoms with E-state index in [1.165, 1.54) is 11.3 Å². The first-order chi connectivity index (χ1) is 15.7. The average molecular weight is 440 g/mol. The quantitative estimate of drug-likeness (QED) is 0.321. The second kappa shape index (κ2) is 8.77. The Labute approximate surface area is 189 Å². The van der Waals surface area contributed by atoms with Gasteiger partial charge >= 0.3 is 0 Å². The third kappa shape index (κ3) is 3.81. The molecular weight excluding hydrogens is 418 g/mol. The average Bonchev–Trinajstić information content (AvgIpc) is 3.27. The van der Waals surface area contributed by atoms with Crippen molar-refractivity contribution in [2.24, 2.45) is 0 Å². The number of para-hydroxylation sites is 1. The van der Waals surface area contributed by atoms with Crippen molar-refractivity contribution in [3.63, 3.8) is 0 Å². The van der Waals surface area contributed by atoms with Gasteiger partial charge in [-0.05, 0) is 48.0 Å². The van der Waals surface area contributed by atoms with Crippen LogP contribution in [0.1, 0.15) is 23.0 Å². The van der Waals surface area contributed by atoms with E-state index in [0.717, 1.165) is 26.7 Å². The molecule has 0 unspecified atom stereocenters. The summed E-state index contributed by atoms with van der Waals surface area (Å²) in [5, 5.41) is 2.48. The standard InChI is InChI=1S/C26H21N3O2S/c1-2-31-22-15-14-18-9-3-4-11-20(18)24(22)25(30)29(17-19-10-7-8-16-27-19)26-28-21-12-5-6-13-23(21)32-26/h3-16H,2,17H2,1H3. The topological polar surface area (TPSA) is 55.3 Å². The van der Waals surface area contributed by atoms with Crippen molar-refractivity contribution in [3.05, 3.63) is 96.3 Å². The normalized spacial score (nSPS) is 11.0. The van der Waals surface area contributed by atoms with Gasteiger partial charge in [-0.25, -0.2) is 4.98 Å². The molecular formula is C26H21N3O2S. The fourth-order valence-corrected chi connectivity index (χ4v) is 4.70. The highest BCUT2D eigenvalue weighted by Gasteiger charge is 2.26. The molecule has 3 aromatic carbocycles. The zero-order chi connectivity index (χ0) is 21.9. The number of carbonyl (C=O) groups is 1. The summed E-state index contributed by atoms with van der Waals surface area (Å²) in [6.07, 6.45) is 1.74. The summed E-state index contributed by atoms with van der Waals surface area (Å²) in [4.78, 5) is 25.0. The Kier molecular flexibility index (Phi) is 5.52. The fraction of sp³-hybridized carbons (Fsp3) is 0.115. The Bertz CT molecular complexity index is 1370. The summed E-state index contributed by atoms with van der Waals surface area (Å²) in [6.45, 7) is 2.71. The van der Waals surface area contributed by atoms with Crippen LogP contribution in [0.25, 0.3) is 21.0 Å². The van der Waals surface area contributed by atoms with Crippen LogP contribution in [-0.4, -0.2) is 22.5 Å². The fourth-order valence-electron chi connectivity index (χ4n) is 3.74. The van der Waals surface area contributed by atoms with E-state index in [1.807, 2.05) is 85.8 Å². The number of aromatic nitrogens is 2.